The van der Waals surface area contributed by atoms with E-state index in [9.17, 15) is 24.0 Å². The van der Waals surface area contributed by atoms with Crippen LogP contribution in [0.1, 0.15) is 72.7 Å². The zero-order valence-electron chi connectivity index (χ0n) is 27.1. The maximum Gasteiger partial charge on any atom is 0.343 e. The number of benzene rings is 4. The third-order valence-electron chi connectivity index (χ3n) is 7.10. The molecule has 0 atom stereocenters. The Morgan fingerprint density at radius 1 is 0.521 bits per heavy atom. The number of hydrogen-bond acceptors (Lipinski definition) is 9. The normalized spacial score (nSPS) is 10.4. The first-order chi connectivity index (χ1) is 22.8. The molecule has 0 aliphatic heterocycles. The fourth-order valence-corrected chi connectivity index (χ4v) is 4.31. The van der Waals surface area contributed by atoms with Gasteiger partial charge in [0.1, 0.15) is 24.7 Å². The standard InChI is InChI=1S/C39H34O9/c1-23(2)36(41)45-21-27-7-11-29(12-8-27)38(43)47-33-17-15-31(19-25(33)5)35(40)32-16-18-34(26(6)20-32)48-39(44)30-13-9-28(10-14-30)22-46-37(42)24(3)4/h7-20H,1,3,21-22H2,2,4-6H3. The number of aryl methyl sites for hydroxylation is 2. The summed E-state index contributed by atoms with van der Waals surface area (Å²) in [5.74, 6) is -1.81. The molecule has 9 nitrogen and oxygen atoms in total. The molecule has 0 fully saturated rings. The Morgan fingerprint density at radius 3 is 1.17 bits per heavy atom. The number of rotatable bonds is 12. The van der Waals surface area contributed by atoms with Crippen LogP contribution in [0.2, 0.25) is 0 Å². The summed E-state index contributed by atoms with van der Waals surface area (Å²) >= 11 is 0. The van der Waals surface area contributed by atoms with E-state index in [4.69, 9.17) is 18.9 Å². The Morgan fingerprint density at radius 2 is 0.854 bits per heavy atom. The van der Waals surface area contributed by atoms with Gasteiger partial charge in [-0.2, -0.15) is 0 Å². The number of carbonyl (C=O) groups is 5. The topological polar surface area (TPSA) is 122 Å². The molecule has 48 heavy (non-hydrogen) atoms. The zero-order chi connectivity index (χ0) is 35.0. The van der Waals surface area contributed by atoms with Crippen molar-refractivity contribution in [1.82, 2.24) is 0 Å². The molecule has 0 spiro atoms. The average molecular weight is 647 g/mol. The first kappa shape index (κ1) is 34.8. The maximum absolute atomic E-state index is 13.3. The van der Waals surface area contributed by atoms with E-state index in [0.29, 0.717) is 67.2 Å². The Bertz CT molecular complexity index is 1780. The summed E-state index contributed by atoms with van der Waals surface area (Å²) in [4.78, 5) is 62.0. The second-order valence-corrected chi connectivity index (χ2v) is 11.2. The lowest BCUT2D eigenvalue weighted by molar-refractivity contribution is -0.141. The molecular formula is C39H34O9. The highest BCUT2D eigenvalue weighted by Crippen LogP contribution is 2.25. The second kappa shape index (κ2) is 15.5. The third kappa shape index (κ3) is 9.01. The molecule has 0 heterocycles. The molecule has 0 amide bonds. The van der Waals surface area contributed by atoms with Crippen LogP contribution in [0.25, 0.3) is 0 Å². The van der Waals surface area contributed by atoms with E-state index < -0.39 is 23.9 Å². The van der Waals surface area contributed by atoms with E-state index in [1.54, 1.807) is 113 Å². The van der Waals surface area contributed by atoms with Gasteiger partial charge < -0.3 is 18.9 Å². The summed E-state index contributed by atoms with van der Waals surface area (Å²) in [6.45, 7) is 13.8. The van der Waals surface area contributed by atoms with Gasteiger partial charge in [0.2, 0.25) is 0 Å². The number of carbonyl (C=O) groups excluding carboxylic acids is 5. The van der Waals surface area contributed by atoms with Crippen LogP contribution >= 0.6 is 0 Å². The monoisotopic (exact) mass is 646 g/mol. The average Bonchev–Trinajstić information content (AvgIpc) is 3.07. The van der Waals surface area contributed by atoms with Crippen LogP contribution in [-0.2, 0) is 32.3 Å². The molecule has 0 saturated carbocycles. The largest absolute Gasteiger partial charge is 0.457 e. The van der Waals surface area contributed by atoms with Crippen molar-refractivity contribution in [2.45, 2.75) is 40.9 Å². The van der Waals surface area contributed by atoms with E-state index in [1.807, 2.05) is 0 Å². The summed E-state index contributed by atoms with van der Waals surface area (Å²) in [5.41, 5.74) is 4.55. The Kier molecular flexibility index (Phi) is 11.2. The van der Waals surface area contributed by atoms with Gasteiger partial charge >= 0.3 is 23.9 Å². The van der Waals surface area contributed by atoms with Crippen LogP contribution in [0.15, 0.2) is 109 Å². The summed E-state index contributed by atoms with van der Waals surface area (Å²) in [6, 6.07) is 22.5. The lowest BCUT2D eigenvalue weighted by Crippen LogP contribution is -2.11. The predicted octanol–water partition coefficient (Wildman–Crippen LogP) is 7.21. The van der Waals surface area contributed by atoms with E-state index >= 15 is 0 Å². The molecule has 0 bridgehead atoms. The van der Waals surface area contributed by atoms with Gasteiger partial charge in [0.05, 0.1) is 11.1 Å². The number of ketones is 1. The van der Waals surface area contributed by atoms with Crippen LogP contribution in [0, 0.1) is 13.8 Å². The van der Waals surface area contributed by atoms with Crippen molar-refractivity contribution in [1.29, 1.82) is 0 Å². The molecule has 0 N–H and O–H groups in total. The van der Waals surface area contributed by atoms with Crippen LogP contribution in [0.3, 0.4) is 0 Å². The minimum absolute atomic E-state index is 0.0520. The Balaban J connectivity index is 1.35. The van der Waals surface area contributed by atoms with E-state index in [-0.39, 0.29) is 19.0 Å². The molecule has 244 valence electrons. The second-order valence-electron chi connectivity index (χ2n) is 11.2. The lowest BCUT2D eigenvalue weighted by Gasteiger charge is -2.11. The van der Waals surface area contributed by atoms with Gasteiger partial charge in [0, 0.05) is 22.3 Å². The van der Waals surface area contributed by atoms with Gasteiger partial charge in [-0.25, -0.2) is 19.2 Å². The van der Waals surface area contributed by atoms with Crippen LogP contribution in [-0.4, -0.2) is 29.7 Å². The summed E-state index contributed by atoms with van der Waals surface area (Å²) in [6.07, 6.45) is 0. The molecule has 9 heteroatoms. The van der Waals surface area contributed by atoms with Gasteiger partial charge in [-0.05, 0) is 111 Å². The maximum atomic E-state index is 13.3. The Hall–Kier alpha value is -6.09. The predicted molar refractivity (Wildman–Crippen MR) is 178 cm³/mol. The van der Waals surface area contributed by atoms with Crippen molar-refractivity contribution in [3.05, 3.63) is 154 Å². The highest BCUT2D eigenvalue weighted by Gasteiger charge is 2.17. The molecule has 0 aliphatic rings. The fourth-order valence-electron chi connectivity index (χ4n) is 4.31. The van der Waals surface area contributed by atoms with Crippen molar-refractivity contribution in [2.24, 2.45) is 0 Å². The highest BCUT2D eigenvalue weighted by atomic mass is 16.5. The molecular weight excluding hydrogens is 612 g/mol. The summed E-state index contributed by atoms with van der Waals surface area (Å²) in [7, 11) is 0. The van der Waals surface area contributed by atoms with Crippen molar-refractivity contribution in [3.63, 3.8) is 0 Å². The minimum Gasteiger partial charge on any atom is -0.457 e. The number of ether oxygens (including phenoxy) is 4. The van der Waals surface area contributed by atoms with E-state index in [1.165, 1.54) is 0 Å². The van der Waals surface area contributed by atoms with Crippen molar-refractivity contribution in [2.75, 3.05) is 0 Å². The summed E-state index contributed by atoms with van der Waals surface area (Å²) in [5, 5.41) is 0. The van der Waals surface area contributed by atoms with E-state index in [2.05, 4.69) is 13.2 Å². The first-order valence-corrected chi connectivity index (χ1v) is 14.9. The van der Waals surface area contributed by atoms with Crippen LogP contribution < -0.4 is 9.47 Å². The van der Waals surface area contributed by atoms with Gasteiger partial charge in [-0.3, -0.25) is 4.79 Å². The molecule has 4 rings (SSSR count). The molecule has 4 aromatic rings. The van der Waals surface area contributed by atoms with Gasteiger partial charge in [-0.15, -0.1) is 0 Å². The molecule has 0 saturated heterocycles. The van der Waals surface area contributed by atoms with Gasteiger partial charge in [-0.1, -0.05) is 37.4 Å². The van der Waals surface area contributed by atoms with Crippen LogP contribution in [0.5, 0.6) is 11.5 Å². The van der Waals surface area contributed by atoms with Crippen LogP contribution in [0.4, 0.5) is 0 Å². The summed E-state index contributed by atoms with van der Waals surface area (Å²) < 4.78 is 21.4. The van der Waals surface area contributed by atoms with Gasteiger partial charge in [0.25, 0.3) is 0 Å². The SMILES string of the molecule is C=C(C)C(=O)OCc1ccc(C(=O)Oc2ccc(C(=O)c3ccc(OC(=O)c4ccc(COC(=O)C(=C)C)cc4)c(C)c3)cc2C)cc1. The van der Waals surface area contributed by atoms with Crippen molar-refractivity contribution >= 4 is 29.7 Å². The fraction of sp³-hybridized carbons (Fsp3) is 0.154. The molecule has 0 aliphatic carbocycles. The van der Waals surface area contributed by atoms with Crippen molar-refractivity contribution in [3.8, 4) is 11.5 Å². The highest BCUT2D eigenvalue weighted by molar-refractivity contribution is 6.09. The van der Waals surface area contributed by atoms with Crippen molar-refractivity contribution < 1.29 is 42.9 Å². The molecule has 0 unspecified atom stereocenters. The molecule has 0 radical (unpaired) electrons. The number of esters is 4. The van der Waals surface area contributed by atoms with E-state index in [0.717, 1.165) is 0 Å². The van der Waals surface area contributed by atoms with Gasteiger partial charge in [0.15, 0.2) is 5.78 Å². The zero-order valence-corrected chi connectivity index (χ0v) is 27.1. The molecule has 4 aromatic carbocycles. The first-order valence-electron chi connectivity index (χ1n) is 14.9. The number of hydrogen-bond donors (Lipinski definition) is 0. The smallest absolute Gasteiger partial charge is 0.343 e. The third-order valence-corrected chi connectivity index (χ3v) is 7.10. The minimum atomic E-state index is -0.580. The lowest BCUT2D eigenvalue weighted by atomic mass is 9.99. The molecule has 0 aromatic heterocycles. The Labute approximate surface area is 278 Å². The quantitative estimate of drug-likeness (QED) is 0.0680.